The van der Waals surface area contributed by atoms with Crippen molar-refractivity contribution in [2.45, 2.75) is 0 Å². The monoisotopic (exact) mass is 263 g/mol. The topological polar surface area (TPSA) is 58.7 Å². The molecule has 1 aliphatic rings. The van der Waals surface area contributed by atoms with E-state index in [9.17, 15) is 8.42 Å². The Morgan fingerprint density at radius 1 is 0.889 bits per heavy atom. The first-order valence-corrected chi connectivity index (χ1v) is 7.23. The highest BCUT2D eigenvalue weighted by atomic mass is 32.2. The molecule has 1 aliphatic heterocycles. The molecule has 0 unspecified atom stereocenters. The highest BCUT2D eigenvalue weighted by Crippen LogP contribution is 2.43. The second-order valence-electron chi connectivity index (χ2n) is 3.79. The Labute approximate surface area is 106 Å². The summed E-state index contributed by atoms with van der Waals surface area (Å²) in [6, 6.07) is 16.6. The van der Waals surface area contributed by atoms with E-state index in [0.717, 1.165) is 17.8 Å². The fourth-order valence-electron chi connectivity index (χ4n) is 1.33. The van der Waals surface area contributed by atoms with E-state index in [1.807, 2.05) is 30.3 Å². The van der Waals surface area contributed by atoms with Crippen LogP contribution in [0.15, 0.2) is 54.6 Å². The van der Waals surface area contributed by atoms with Crippen molar-refractivity contribution in [3.8, 4) is 11.5 Å². The molecule has 0 amide bonds. The maximum atomic E-state index is 10.7. The smallest absolute Gasteiger partial charge is 0.229 e. The summed E-state index contributed by atoms with van der Waals surface area (Å²) >= 11 is 0. The summed E-state index contributed by atoms with van der Waals surface area (Å²) < 4.78 is 28.7. The van der Waals surface area contributed by atoms with Gasteiger partial charge in [-0.15, -0.1) is 0 Å². The van der Waals surface area contributed by atoms with Crippen LogP contribution in [0.3, 0.4) is 0 Å². The quantitative estimate of drug-likeness (QED) is 0.723. The molecule has 94 valence electrons. The van der Waals surface area contributed by atoms with E-state index in [2.05, 4.69) is 4.72 Å². The van der Waals surface area contributed by atoms with Crippen LogP contribution in [-0.2, 0) is 10.0 Å². The molecule has 1 N–H and O–H groups in total. The number of fused-ring (bicyclic) bond motifs is 1. The number of anilines is 1. The predicted molar refractivity (Wildman–Crippen MR) is 71.4 cm³/mol. The lowest BCUT2D eigenvalue weighted by Crippen LogP contribution is -2.08. The number of nitrogens with one attached hydrogen (secondary N) is 1. The fraction of sp³-hybridized carbons (Fsp3) is 0.0769. The van der Waals surface area contributed by atoms with Crippen LogP contribution < -0.4 is 9.46 Å². The Bertz CT molecular complexity index is 603. The first kappa shape index (κ1) is 12.4. The maximum Gasteiger partial charge on any atom is 0.229 e. The third-order valence-corrected chi connectivity index (χ3v) is 2.71. The van der Waals surface area contributed by atoms with Gasteiger partial charge in [-0.1, -0.05) is 30.3 Å². The van der Waals surface area contributed by atoms with Gasteiger partial charge in [-0.25, -0.2) is 8.42 Å². The molecule has 2 aromatic carbocycles. The van der Waals surface area contributed by atoms with Crippen molar-refractivity contribution in [2.24, 2.45) is 0 Å². The van der Waals surface area contributed by atoms with Crippen LogP contribution in [0.5, 0.6) is 11.5 Å². The van der Waals surface area contributed by atoms with Crippen LogP contribution in [0.2, 0.25) is 0 Å². The summed E-state index contributed by atoms with van der Waals surface area (Å²) in [5, 5.41) is 0. The normalized spacial score (nSPS) is 11.4. The molecule has 0 saturated heterocycles. The summed E-state index contributed by atoms with van der Waals surface area (Å²) in [5.41, 5.74) is 0.593. The van der Waals surface area contributed by atoms with Crippen LogP contribution in [-0.4, -0.2) is 14.7 Å². The van der Waals surface area contributed by atoms with Gasteiger partial charge in [0, 0.05) is 5.69 Å². The maximum absolute atomic E-state index is 10.7. The van der Waals surface area contributed by atoms with Crippen molar-refractivity contribution in [3.63, 3.8) is 0 Å². The van der Waals surface area contributed by atoms with Gasteiger partial charge in [-0.3, -0.25) is 4.72 Å². The molecular weight excluding hydrogens is 250 g/mol. The Morgan fingerprint density at radius 3 is 1.83 bits per heavy atom. The van der Waals surface area contributed by atoms with Crippen LogP contribution in [0.25, 0.3) is 0 Å². The van der Waals surface area contributed by atoms with Crippen molar-refractivity contribution in [1.29, 1.82) is 0 Å². The van der Waals surface area contributed by atoms with E-state index in [-0.39, 0.29) is 0 Å². The molecule has 0 radical (unpaired) electrons. The summed E-state index contributed by atoms with van der Waals surface area (Å²) in [6.45, 7) is 0. The molecule has 18 heavy (non-hydrogen) atoms. The Kier molecular flexibility index (Phi) is 3.53. The molecule has 0 aromatic heterocycles. The van der Waals surface area contributed by atoms with Crippen LogP contribution in [0, 0.1) is 0 Å². The molecule has 0 spiro atoms. The number of para-hydroxylation sites is 3. The van der Waals surface area contributed by atoms with E-state index in [1.54, 1.807) is 24.3 Å². The number of benzene rings is 2. The van der Waals surface area contributed by atoms with Gasteiger partial charge in [0.1, 0.15) is 0 Å². The van der Waals surface area contributed by atoms with Crippen molar-refractivity contribution in [3.05, 3.63) is 54.6 Å². The molecule has 0 saturated carbocycles. The molecule has 2 aromatic rings. The van der Waals surface area contributed by atoms with Crippen molar-refractivity contribution < 1.29 is 13.2 Å². The van der Waals surface area contributed by atoms with Gasteiger partial charge in [0.25, 0.3) is 0 Å². The third-order valence-electron chi connectivity index (χ3n) is 2.10. The second kappa shape index (κ2) is 5.10. The van der Waals surface area contributed by atoms with E-state index < -0.39 is 10.0 Å². The summed E-state index contributed by atoms with van der Waals surface area (Å²) in [5.74, 6) is 2.06. The number of hydrogen-bond acceptors (Lipinski definition) is 3. The molecular formula is C13H13NO3S. The van der Waals surface area contributed by atoms with E-state index >= 15 is 0 Å². The summed E-state index contributed by atoms with van der Waals surface area (Å²) in [7, 11) is -3.13. The minimum Gasteiger partial charge on any atom is -0.450 e. The fourth-order valence-corrected chi connectivity index (χ4v) is 1.90. The van der Waals surface area contributed by atoms with Crippen molar-refractivity contribution in [2.75, 3.05) is 11.0 Å². The zero-order valence-electron chi connectivity index (χ0n) is 9.83. The number of rotatable bonds is 2. The largest absolute Gasteiger partial charge is 0.450 e. The second-order valence-corrected chi connectivity index (χ2v) is 5.54. The van der Waals surface area contributed by atoms with Gasteiger partial charge in [-0.2, -0.15) is 0 Å². The van der Waals surface area contributed by atoms with Crippen LogP contribution in [0.1, 0.15) is 0 Å². The van der Waals surface area contributed by atoms with Crippen LogP contribution >= 0.6 is 0 Å². The number of hydrogen-bond donors (Lipinski definition) is 1. The van der Waals surface area contributed by atoms with Crippen LogP contribution in [0.4, 0.5) is 5.69 Å². The SMILES string of the molecule is CS(=O)(=O)Nc1ccccc1.c1ccc2c(c1)O2. The Balaban J connectivity index is 0.000000146. The predicted octanol–water partition coefficient (Wildman–Crippen LogP) is 2.85. The van der Waals surface area contributed by atoms with Gasteiger partial charge < -0.3 is 4.74 Å². The summed E-state index contributed by atoms with van der Waals surface area (Å²) in [6.07, 6.45) is 1.12. The minimum absolute atomic E-state index is 0.593. The first-order chi connectivity index (χ1) is 8.54. The standard InChI is InChI=1S/C7H9NO2S.C6H4O/c1-11(9,10)8-7-5-3-2-4-6-7;1-2-4-6-5(3-1)7-6/h2-6,8H,1H3;1-4H. The molecule has 0 fully saturated rings. The number of ether oxygens (including phenoxy) is 1. The minimum atomic E-state index is -3.13. The van der Waals surface area contributed by atoms with E-state index in [0.29, 0.717) is 5.69 Å². The Morgan fingerprint density at radius 2 is 1.39 bits per heavy atom. The lowest BCUT2D eigenvalue weighted by molar-refractivity contribution is 0.607. The molecule has 5 heteroatoms. The molecule has 0 aliphatic carbocycles. The van der Waals surface area contributed by atoms with Crippen molar-refractivity contribution in [1.82, 2.24) is 0 Å². The van der Waals surface area contributed by atoms with E-state index in [4.69, 9.17) is 4.74 Å². The van der Waals surface area contributed by atoms with Gasteiger partial charge >= 0.3 is 0 Å². The molecule has 1 heterocycles. The Hall–Kier alpha value is -2.01. The van der Waals surface area contributed by atoms with Gasteiger partial charge in [0.2, 0.25) is 10.0 Å². The third kappa shape index (κ3) is 4.10. The first-order valence-electron chi connectivity index (χ1n) is 5.34. The average Bonchev–Trinajstić information content (AvgIpc) is 3.07. The van der Waals surface area contributed by atoms with Gasteiger partial charge in [0.15, 0.2) is 11.5 Å². The average molecular weight is 263 g/mol. The summed E-state index contributed by atoms with van der Waals surface area (Å²) in [4.78, 5) is 0. The zero-order valence-corrected chi connectivity index (χ0v) is 10.6. The molecule has 4 nitrogen and oxygen atoms in total. The van der Waals surface area contributed by atoms with Gasteiger partial charge in [0.05, 0.1) is 6.26 Å². The van der Waals surface area contributed by atoms with Crippen molar-refractivity contribution >= 4 is 15.7 Å². The zero-order chi connectivity index (χ0) is 13.0. The van der Waals surface area contributed by atoms with E-state index in [1.165, 1.54) is 0 Å². The molecule has 3 rings (SSSR count). The molecule has 0 bridgehead atoms. The lowest BCUT2D eigenvalue weighted by atomic mass is 10.3. The number of sulfonamides is 1. The lowest BCUT2D eigenvalue weighted by Gasteiger charge is -2.00. The highest BCUT2D eigenvalue weighted by molar-refractivity contribution is 7.92. The highest BCUT2D eigenvalue weighted by Gasteiger charge is 2.15. The van der Waals surface area contributed by atoms with Gasteiger partial charge in [-0.05, 0) is 24.3 Å². The molecule has 0 atom stereocenters.